The van der Waals surface area contributed by atoms with Crippen LogP contribution in [0.4, 0.5) is 0 Å². The van der Waals surface area contributed by atoms with E-state index in [0.29, 0.717) is 0 Å². The van der Waals surface area contributed by atoms with E-state index in [1.54, 1.807) is 0 Å². The Morgan fingerprint density at radius 2 is 2.17 bits per heavy atom. The van der Waals surface area contributed by atoms with Crippen LogP contribution in [0.15, 0.2) is 35.7 Å². The molecule has 0 spiro atoms. The van der Waals surface area contributed by atoms with Gasteiger partial charge in [-0.2, -0.15) is 0 Å². The maximum Gasteiger partial charge on any atom is 0.0346 e. The van der Waals surface area contributed by atoms with E-state index in [1.165, 1.54) is 41.0 Å². The number of hydrogen-bond donors (Lipinski definition) is 1. The number of nitrogens with one attached hydrogen (secondary N) is 1. The van der Waals surface area contributed by atoms with Gasteiger partial charge in [0.2, 0.25) is 0 Å². The zero-order chi connectivity index (χ0) is 12.4. The number of hydrogen-bond acceptors (Lipinski definition) is 2. The lowest BCUT2D eigenvalue weighted by Crippen LogP contribution is -2.16. The van der Waals surface area contributed by atoms with E-state index in [1.807, 2.05) is 11.3 Å². The molecule has 0 unspecified atom stereocenters. The van der Waals surface area contributed by atoms with Gasteiger partial charge < -0.3 is 5.32 Å². The largest absolute Gasteiger partial charge is 0.312 e. The fourth-order valence-corrected chi connectivity index (χ4v) is 3.02. The molecule has 0 atom stereocenters. The predicted molar refractivity (Wildman–Crippen MR) is 78.9 cm³/mol. The molecular formula is C16H19NS. The minimum atomic E-state index is 0.945. The second-order valence-corrected chi connectivity index (χ2v) is 6.16. The van der Waals surface area contributed by atoms with Crippen LogP contribution in [0.2, 0.25) is 0 Å². The van der Waals surface area contributed by atoms with Gasteiger partial charge in [0.25, 0.3) is 0 Å². The summed E-state index contributed by atoms with van der Waals surface area (Å²) in [5.74, 6) is 0.945. The molecule has 1 saturated carbocycles. The molecule has 1 heterocycles. The molecule has 1 N–H and O–H groups in total. The first-order valence-corrected chi connectivity index (χ1v) is 7.55. The highest BCUT2D eigenvalue weighted by Crippen LogP contribution is 2.30. The molecule has 0 radical (unpaired) electrons. The molecule has 0 aliphatic heterocycles. The van der Waals surface area contributed by atoms with E-state index in [2.05, 4.69) is 48.0 Å². The minimum Gasteiger partial charge on any atom is -0.312 e. The third-order valence-corrected chi connectivity index (χ3v) is 4.40. The van der Waals surface area contributed by atoms with Gasteiger partial charge in [-0.05, 0) is 54.8 Å². The van der Waals surface area contributed by atoms with Gasteiger partial charge in [-0.25, -0.2) is 0 Å². The maximum absolute atomic E-state index is 3.59. The Kier molecular flexibility index (Phi) is 3.48. The first-order chi connectivity index (χ1) is 8.83. The number of aryl methyl sites for hydroxylation is 1. The van der Waals surface area contributed by atoms with Gasteiger partial charge in [-0.3, -0.25) is 0 Å². The van der Waals surface area contributed by atoms with E-state index >= 15 is 0 Å². The minimum absolute atomic E-state index is 0.945. The average molecular weight is 257 g/mol. The van der Waals surface area contributed by atoms with Crippen molar-refractivity contribution < 1.29 is 0 Å². The quantitative estimate of drug-likeness (QED) is 0.845. The summed E-state index contributed by atoms with van der Waals surface area (Å²) in [4.78, 5) is 1.38. The van der Waals surface area contributed by atoms with Gasteiger partial charge >= 0.3 is 0 Å². The Morgan fingerprint density at radius 3 is 2.89 bits per heavy atom. The molecule has 3 rings (SSSR count). The highest BCUT2D eigenvalue weighted by Gasteiger charge is 2.20. The lowest BCUT2D eigenvalue weighted by Gasteiger charge is -2.10. The Bertz CT molecular complexity index is 512. The van der Waals surface area contributed by atoms with Crippen LogP contribution in [0.5, 0.6) is 0 Å². The molecule has 2 heteroatoms. The summed E-state index contributed by atoms with van der Waals surface area (Å²) >= 11 is 1.82. The highest BCUT2D eigenvalue weighted by molar-refractivity contribution is 7.13. The molecule has 1 nitrogen and oxygen atoms in total. The molecule has 18 heavy (non-hydrogen) atoms. The zero-order valence-electron chi connectivity index (χ0n) is 10.8. The summed E-state index contributed by atoms with van der Waals surface area (Å²) in [5, 5.41) is 5.74. The lowest BCUT2D eigenvalue weighted by molar-refractivity contribution is 0.639. The standard InChI is InChI=1S/C16H19NS/c1-12-4-7-14(11-17-10-13-5-6-13)15(9-12)16-3-2-8-18-16/h2-4,7-9,13,17H,5-6,10-11H2,1H3. The summed E-state index contributed by atoms with van der Waals surface area (Å²) in [6.45, 7) is 4.33. The van der Waals surface area contributed by atoms with Crippen molar-refractivity contribution in [2.45, 2.75) is 26.3 Å². The Hall–Kier alpha value is -1.12. The van der Waals surface area contributed by atoms with E-state index in [9.17, 15) is 0 Å². The Morgan fingerprint density at radius 1 is 1.28 bits per heavy atom. The van der Waals surface area contributed by atoms with Gasteiger partial charge in [-0.1, -0.05) is 29.8 Å². The van der Waals surface area contributed by atoms with E-state index in [-0.39, 0.29) is 0 Å². The summed E-state index contributed by atoms with van der Waals surface area (Å²) in [5.41, 5.74) is 4.15. The van der Waals surface area contributed by atoms with Gasteiger partial charge in [0.05, 0.1) is 0 Å². The van der Waals surface area contributed by atoms with Crippen LogP contribution < -0.4 is 5.32 Å². The van der Waals surface area contributed by atoms with Crippen molar-refractivity contribution in [2.75, 3.05) is 6.54 Å². The van der Waals surface area contributed by atoms with Crippen LogP contribution in [0.25, 0.3) is 10.4 Å². The molecule has 0 amide bonds. The second-order valence-electron chi connectivity index (χ2n) is 5.21. The first-order valence-electron chi connectivity index (χ1n) is 6.67. The van der Waals surface area contributed by atoms with Crippen LogP contribution in [0.3, 0.4) is 0 Å². The molecule has 94 valence electrons. The molecule has 1 aliphatic carbocycles. The molecule has 2 aromatic rings. The smallest absolute Gasteiger partial charge is 0.0346 e. The second kappa shape index (κ2) is 5.25. The van der Waals surface area contributed by atoms with Gasteiger partial charge in [0.15, 0.2) is 0 Å². The third kappa shape index (κ3) is 2.82. The van der Waals surface area contributed by atoms with Crippen molar-refractivity contribution >= 4 is 11.3 Å². The predicted octanol–water partition coefficient (Wildman–Crippen LogP) is 4.22. The molecule has 1 aromatic heterocycles. The maximum atomic E-state index is 3.59. The van der Waals surface area contributed by atoms with Crippen LogP contribution in [0.1, 0.15) is 24.0 Å². The molecule has 0 bridgehead atoms. The number of rotatable bonds is 5. The van der Waals surface area contributed by atoms with Crippen LogP contribution >= 0.6 is 11.3 Å². The van der Waals surface area contributed by atoms with Crippen LogP contribution in [0, 0.1) is 12.8 Å². The summed E-state index contributed by atoms with van der Waals surface area (Å²) < 4.78 is 0. The van der Waals surface area contributed by atoms with Gasteiger partial charge in [-0.15, -0.1) is 11.3 Å². The van der Waals surface area contributed by atoms with Crippen molar-refractivity contribution in [1.29, 1.82) is 0 Å². The summed E-state index contributed by atoms with van der Waals surface area (Å²) in [7, 11) is 0. The Labute approximate surface area is 113 Å². The molecular weight excluding hydrogens is 238 g/mol. The first kappa shape index (κ1) is 11.9. The molecule has 1 aromatic carbocycles. The van der Waals surface area contributed by atoms with Gasteiger partial charge in [0, 0.05) is 11.4 Å². The fraction of sp³-hybridized carbons (Fsp3) is 0.375. The summed E-state index contributed by atoms with van der Waals surface area (Å²) in [6, 6.07) is 11.1. The zero-order valence-corrected chi connectivity index (χ0v) is 11.6. The van der Waals surface area contributed by atoms with Crippen molar-refractivity contribution in [3.63, 3.8) is 0 Å². The van der Waals surface area contributed by atoms with E-state index < -0.39 is 0 Å². The normalized spacial score (nSPS) is 14.9. The monoisotopic (exact) mass is 257 g/mol. The van der Waals surface area contributed by atoms with Crippen molar-refractivity contribution in [3.8, 4) is 10.4 Å². The molecule has 1 fully saturated rings. The Balaban J connectivity index is 1.78. The number of benzene rings is 1. The summed E-state index contributed by atoms with van der Waals surface area (Å²) in [6.07, 6.45) is 2.83. The highest BCUT2D eigenvalue weighted by atomic mass is 32.1. The van der Waals surface area contributed by atoms with E-state index in [0.717, 1.165) is 12.5 Å². The SMILES string of the molecule is Cc1ccc(CNCC2CC2)c(-c2cccs2)c1. The fourth-order valence-electron chi connectivity index (χ4n) is 2.24. The average Bonchev–Trinajstić information content (AvgIpc) is 3.03. The lowest BCUT2D eigenvalue weighted by atomic mass is 10.0. The molecule has 1 aliphatic rings. The molecule has 0 saturated heterocycles. The van der Waals surface area contributed by atoms with Crippen LogP contribution in [-0.4, -0.2) is 6.54 Å². The van der Waals surface area contributed by atoms with Crippen molar-refractivity contribution in [3.05, 3.63) is 46.8 Å². The van der Waals surface area contributed by atoms with Crippen molar-refractivity contribution in [2.24, 2.45) is 5.92 Å². The third-order valence-electron chi connectivity index (χ3n) is 3.50. The topological polar surface area (TPSA) is 12.0 Å². The number of thiophene rings is 1. The van der Waals surface area contributed by atoms with Crippen molar-refractivity contribution in [1.82, 2.24) is 5.32 Å². The van der Waals surface area contributed by atoms with E-state index in [4.69, 9.17) is 0 Å². The van der Waals surface area contributed by atoms with Gasteiger partial charge in [0.1, 0.15) is 0 Å². The van der Waals surface area contributed by atoms with Crippen LogP contribution in [-0.2, 0) is 6.54 Å².